The minimum atomic E-state index is -1.02. The van der Waals surface area contributed by atoms with Gasteiger partial charge in [-0.15, -0.1) is 0 Å². The minimum absolute atomic E-state index is 0.0557. The first-order valence-electron chi connectivity index (χ1n) is 6.40. The van der Waals surface area contributed by atoms with Gasteiger partial charge in [0, 0.05) is 29.7 Å². The Balaban J connectivity index is 2.30. The average Bonchev–Trinajstić information content (AvgIpc) is 2.34. The van der Waals surface area contributed by atoms with Gasteiger partial charge in [0.2, 0.25) is 0 Å². The van der Waals surface area contributed by atoms with Crippen molar-refractivity contribution < 1.29 is 18.9 Å². The highest BCUT2D eigenvalue weighted by atomic mass is 79.9. The first kappa shape index (κ1) is 15.8. The molecule has 0 saturated carbocycles. The molecule has 0 N–H and O–H groups in total. The van der Waals surface area contributed by atoms with E-state index in [1.165, 1.54) is 0 Å². The van der Waals surface area contributed by atoms with Crippen molar-refractivity contribution in [3.05, 3.63) is 22.7 Å². The molecule has 0 aromatic heterocycles. The van der Waals surface area contributed by atoms with Crippen molar-refractivity contribution in [3.8, 4) is 0 Å². The van der Waals surface area contributed by atoms with Crippen molar-refractivity contribution in [2.45, 2.75) is 0 Å². The fraction of sp³-hybridized carbons (Fsp3) is 0.385. The molecule has 0 spiro atoms. The van der Waals surface area contributed by atoms with Gasteiger partial charge in [-0.25, -0.2) is 0 Å². The Morgan fingerprint density at radius 1 is 1.14 bits per heavy atom. The van der Waals surface area contributed by atoms with Crippen molar-refractivity contribution in [2.24, 2.45) is 0 Å². The molecule has 1 aromatic rings. The molecule has 112 valence electrons. The zero-order chi connectivity index (χ0) is 15.6. The van der Waals surface area contributed by atoms with Crippen LogP contribution in [-0.4, -0.2) is 58.2 Å². The predicted octanol–water partition coefficient (Wildman–Crippen LogP) is 0.242. The molecule has 0 unspecified atom stereocenters. The van der Waals surface area contributed by atoms with Crippen LogP contribution >= 0.6 is 15.9 Å². The van der Waals surface area contributed by atoms with Crippen LogP contribution in [-0.2, 0) is 18.9 Å². The van der Waals surface area contributed by atoms with E-state index in [9.17, 15) is 9.59 Å². The second-order valence-corrected chi connectivity index (χ2v) is 6.04. The van der Waals surface area contributed by atoms with Gasteiger partial charge in [-0.1, -0.05) is 15.9 Å². The first-order valence-corrected chi connectivity index (χ1v) is 7.20. The number of rotatable bonds is 2. The molecule has 2 rings (SSSR count). The monoisotopic (exact) mass is 354 g/mol. The van der Waals surface area contributed by atoms with Gasteiger partial charge in [0.25, 0.3) is 0 Å². The van der Waals surface area contributed by atoms with Gasteiger partial charge in [-0.3, -0.25) is 14.5 Å². The van der Waals surface area contributed by atoms with Crippen molar-refractivity contribution in [3.63, 3.8) is 0 Å². The Labute approximate surface area is 132 Å². The van der Waals surface area contributed by atoms with Crippen LogP contribution in [0.4, 0.5) is 5.69 Å². The third-order valence-corrected chi connectivity index (χ3v) is 3.43. The number of anilines is 1. The molecule has 1 heterocycles. The van der Waals surface area contributed by atoms with Crippen LogP contribution < -0.4 is 10.4 Å². The summed E-state index contributed by atoms with van der Waals surface area (Å²) < 4.78 is 11.3. The van der Waals surface area contributed by atoms with Crippen LogP contribution in [0.5, 0.6) is 0 Å². The largest absolute Gasteiger partial charge is 0.636 e. The molecular weight excluding hydrogens is 339 g/mol. The normalized spacial score (nSPS) is 16.9. The third-order valence-electron chi connectivity index (χ3n) is 2.97. The Bertz CT molecular complexity index is 547. The molecule has 1 fully saturated rings. The molecule has 0 bridgehead atoms. The summed E-state index contributed by atoms with van der Waals surface area (Å²) in [6.45, 7) is 0.111. The van der Waals surface area contributed by atoms with E-state index in [2.05, 4.69) is 15.9 Å². The quantitative estimate of drug-likeness (QED) is 0.709. The molecule has 8 heteroatoms. The molecule has 0 atom stereocenters. The van der Waals surface area contributed by atoms with E-state index in [0.717, 1.165) is 10.2 Å². The van der Waals surface area contributed by atoms with E-state index in [4.69, 9.17) is 9.31 Å². The summed E-state index contributed by atoms with van der Waals surface area (Å²) in [4.78, 5) is 27.0. The van der Waals surface area contributed by atoms with Gasteiger partial charge in [0.1, 0.15) is 0 Å². The topological polar surface area (TPSA) is 59.1 Å². The molecular formula is C13H16BBrN2O4. The smallest absolute Gasteiger partial charge is 0.494 e. The second kappa shape index (κ2) is 6.49. The number of hydrogen-bond donors (Lipinski definition) is 0. The lowest BCUT2D eigenvalue weighted by Crippen LogP contribution is -2.48. The number of nitrogens with zero attached hydrogens (tertiary/aromatic N) is 2. The molecule has 1 saturated heterocycles. The van der Waals surface area contributed by atoms with Crippen LogP contribution in [0.2, 0.25) is 0 Å². The van der Waals surface area contributed by atoms with Gasteiger partial charge in [0.15, 0.2) is 0 Å². The Morgan fingerprint density at radius 2 is 1.71 bits per heavy atom. The number of benzene rings is 1. The molecule has 0 aliphatic carbocycles. The molecule has 1 aromatic carbocycles. The van der Waals surface area contributed by atoms with Crippen LogP contribution in [0.3, 0.4) is 0 Å². The lowest BCUT2D eigenvalue weighted by atomic mass is 9.78. The van der Waals surface area contributed by atoms with Crippen LogP contribution in [0, 0.1) is 0 Å². The van der Waals surface area contributed by atoms with Gasteiger partial charge >= 0.3 is 19.1 Å². The molecule has 21 heavy (non-hydrogen) atoms. The first-order chi connectivity index (χ1) is 9.85. The van der Waals surface area contributed by atoms with Gasteiger partial charge in [-0.2, -0.15) is 0 Å². The number of hydrogen-bond acceptors (Lipinski definition) is 6. The summed E-state index contributed by atoms with van der Waals surface area (Å²) in [5.74, 6) is -0.859. The maximum Gasteiger partial charge on any atom is 0.636 e. The molecule has 6 nitrogen and oxygen atoms in total. The molecule has 0 radical (unpaired) electrons. The lowest BCUT2D eigenvalue weighted by molar-refractivity contribution is -0.145. The fourth-order valence-corrected chi connectivity index (χ4v) is 2.46. The number of halogens is 1. The summed E-state index contributed by atoms with van der Waals surface area (Å²) in [6.07, 6.45) is 0. The van der Waals surface area contributed by atoms with Crippen molar-refractivity contribution in [2.75, 3.05) is 39.1 Å². The standard InChI is InChI=1S/C13H16BBrN2O4/c1-16(2)11-5-9(4-10(15)6-11)14-20-12(18)7-17(3)8-13(19)21-14/h4-6H,7-8H2,1-3H3. The number of likely N-dealkylation sites (N-methyl/N-ethyl adjacent to an activating group) is 1. The second-order valence-electron chi connectivity index (χ2n) is 5.12. The molecule has 0 amide bonds. The Hall–Kier alpha value is -1.54. The van der Waals surface area contributed by atoms with Gasteiger partial charge < -0.3 is 14.2 Å². The highest BCUT2D eigenvalue weighted by Crippen LogP contribution is 2.18. The third kappa shape index (κ3) is 4.21. The zero-order valence-electron chi connectivity index (χ0n) is 12.1. The van der Waals surface area contributed by atoms with E-state index in [-0.39, 0.29) is 13.1 Å². The maximum atomic E-state index is 11.8. The van der Waals surface area contributed by atoms with E-state index >= 15 is 0 Å². The molecule has 1 aliphatic heterocycles. The average molecular weight is 355 g/mol. The SMILES string of the molecule is CN1CC(=O)OB(c2cc(Br)cc(N(C)C)c2)OC(=O)C1. The van der Waals surface area contributed by atoms with E-state index < -0.39 is 19.1 Å². The van der Waals surface area contributed by atoms with Crippen LogP contribution in [0.1, 0.15) is 0 Å². The minimum Gasteiger partial charge on any atom is -0.494 e. The van der Waals surface area contributed by atoms with Crippen molar-refractivity contribution in [1.29, 1.82) is 0 Å². The maximum absolute atomic E-state index is 11.8. The fourth-order valence-electron chi connectivity index (χ4n) is 1.96. The zero-order valence-corrected chi connectivity index (χ0v) is 13.7. The van der Waals surface area contributed by atoms with Gasteiger partial charge in [-0.05, 0) is 25.2 Å². The highest BCUT2D eigenvalue weighted by molar-refractivity contribution is 9.10. The highest BCUT2D eigenvalue weighted by Gasteiger charge is 2.34. The van der Waals surface area contributed by atoms with Crippen molar-refractivity contribution in [1.82, 2.24) is 4.90 Å². The van der Waals surface area contributed by atoms with E-state index in [1.807, 2.05) is 31.1 Å². The van der Waals surface area contributed by atoms with Gasteiger partial charge in [0.05, 0.1) is 13.1 Å². The van der Waals surface area contributed by atoms with Crippen molar-refractivity contribution >= 4 is 46.1 Å². The van der Waals surface area contributed by atoms with E-state index in [0.29, 0.717) is 5.46 Å². The predicted molar refractivity (Wildman–Crippen MR) is 83.5 cm³/mol. The molecule has 1 aliphatic rings. The Kier molecular flexibility index (Phi) is 4.90. The lowest BCUT2D eigenvalue weighted by Gasteiger charge is -2.23. The van der Waals surface area contributed by atoms with Crippen LogP contribution in [0.25, 0.3) is 0 Å². The van der Waals surface area contributed by atoms with Crippen LogP contribution in [0.15, 0.2) is 22.7 Å². The summed E-state index contributed by atoms with van der Waals surface area (Å²) in [7, 11) is 4.44. The van der Waals surface area contributed by atoms with E-state index in [1.54, 1.807) is 18.0 Å². The summed E-state index contributed by atoms with van der Waals surface area (Å²) >= 11 is 3.41. The summed E-state index contributed by atoms with van der Waals surface area (Å²) in [6, 6.07) is 5.51. The number of carbonyl (C=O) groups is 2. The number of carbonyl (C=O) groups excluding carboxylic acids is 2. The summed E-state index contributed by atoms with van der Waals surface area (Å²) in [5, 5.41) is 0. The summed E-state index contributed by atoms with van der Waals surface area (Å²) in [5.41, 5.74) is 1.52. The Morgan fingerprint density at radius 3 is 2.24 bits per heavy atom.